The molecule has 2 nitrogen and oxygen atoms in total. The number of hydrogen-bond acceptors (Lipinski definition) is 1. The summed E-state index contributed by atoms with van der Waals surface area (Å²) in [5, 5.41) is 6.37. The van der Waals surface area contributed by atoms with E-state index in [4.69, 9.17) is 0 Å². The van der Waals surface area contributed by atoms with Gasteiger partial charge in [-0.25, -0.2) is 0 Å². The van der Waals surface area contributed by atoms with Crippen LogP contribution in [0.5, 0.6) is 0 Å². The predicted octanol–water partition coefficient (Wildman–Crippen LogP) is 4.52. The molecule has 0 radical (unpaired) electrons. The number of amides is 1. The van der Waals surface area contributed by atoms with Gasteiger partial charge in [-0.15, -0.1) is 0 Å². The first kappa shape index (κ1) is 14.6. The van der Waals surface area contributed by atoms with Gasteiger partial charge in [0.1, 0.15) is 0 Å². The molecule has 1 amide bonds. The van der Waals surface area contributed by atoms with Gasteiger partial charge in [0.15, 0.2) is 0 Å². The SMILES string of the molecule is O=C(NC1CCCCC1CBr)c1cccc2ccccc12. The van der Waals surface area contributed by atoms with Gasteiger partial charge < -0.3 is 5.32 Å². The predicted molar refractivity (Wildman–Crippen MR) is 91.0 cm³/mol. The molecule has 0 heterocycles. The van der Waals surface area contributed by atoms with Crippen LogP contribution >= 0.6 is 15.9 Å². The maximum Gasteiger partial charge on any atom is 0.252 e. The Balaban J connectivity index is 1.84. The van der Waals surface area contributed by atoms with Gasteiger partial charge in [0.2, 0.25) is 0 Å². The number of carbonyl (C=O) groups is 1. The first-order valence-corrected chi connectivity index (χ1v) is 8.76. The Morgan fingerprint density at radius 1 is 1.10 bits per heavy atom. The van der Waals surface area contributed by atoms with Gasteiger partial charge in [-0.05, 0) is 35.6 Å². The lowest BCUT2D eigenvalue weighted by Gasteiger charge is -2.31. The summed E-state index contributed by atoms with van der Waals surface area (Å²) >= 11 is 3.59. The molecule has 0 bridgehead atoms. The van der Waals surface area contributed by atoms with Crippen molar-refractivity contribution in [3.8, 4) is 0 Å². The van der Waals surface area contributed by atoms with E-state index in [0.717, 1.165) is 28.1 Å². The van der Waals surface area contributed by atoms with Crippen LogP contribution in [-0.2, 0) is 0 Å². The Kier molecular flexibility index (Phi) is 4.59. The molecule has 0 aliphatic heterocycles. The molecule has 0 spiro atoms. The number of halogens is 1. The highest BCUT2D eigenvalue weighted by Gasteiger charge is 2.26. The molecular weight excluding hydrogens is 326 g/mol. The third kappa shape index (κ3) is 3.13. The topological polar surface area (TPSA) is 29.1 Å². The fraction of sp³-hybridized carbons (Fsp3) is 0.389. The van der Waals surface area contributed by atoms with Crippen molar-refractivity contribution < 1.29 is 4.79 Å². The molecule has 0 saturated heterocycles. The number of alkyl halides is 1. The second-order valence-electron chi connectivity index (χ2n) is 5.81. The first-order chi connectivity index (χ1) is 10.3. The Hall–Kier alpha value is -1.35. The minimum absolute atomic E-state index is 0.0599. The second-order valence-corrected chi connectivity index (χ2v) is 6.45. The Labute approximate surface area is 134 Å². The van der Waals surface area contributed by atoms with Gasteiger partial charge in [0, 0.05) is 16.9 Å². The number of benzene rings is 2. The lowest BCUT2D eigenvalue weighted by Crippen LogP contribution is -2.42. The number of fused-ring (bicyclic) bond motifs is 1. The van der Waals surface area contributed by atoms with E-state index in [2.05, 4.69) is 21.2 Å². The Morgan fingerprint density at radius 3 is 2.71 bits per heavy atom. The van der Waals surface area contributed by atoms with Crippen molar-refractivity contribution in [3.05, 3.63) is 48.0 Å². The van der Waals surface area contributed by atoms with Crippen LogP contribution in [0.2, 0.25) is 0 Å². The van der Waals surface area contributed by atoms with Crippen LogP contribution in [0.3, 0.4) is 0 Å². The summed E-state index contributed by atoms with van der Waals surface area (Å²) in [6.07, 6.45) is 4.78. The summed E-state index contributed by atoms with van der Waals surface area (Å²) in [6.45, 7) is 0. The van der Waals surface area contributed by atoms with Crippen molar-refractivity contribution in [1.82, 2.24) is 5.32 Å². The summed E-state index contributed by atoms with van der Waals surface area (Å²) < 4.78 is 0. The number of carbonyl (C=O) groups excluding carboxylic acids is 1. The average molecular weight is 346 g/mol. The number of hydrogen-bond donors (Lipinski definition) is 1. The summed E-state index contributed by atoms with van der Waals surface area (Å²) in [6, 6.07) is 14.3. The normalized spacial score (nSPS) is 22.1. The van der Waals surface area contributed by atoms with Crippen molar-refractivity contribution >= 4 is 32.6 Å². The molecule has 1 N–H and O–H groups in total. The van der Waals surface area contributed by atoms with Crippen LogP contribution < -0.4 is 5.32 Å². The van der Waals surface area contributed by atoms with E-state index in [0.29, 0.717) is 12.0 Å². The molecule has 2 aromatic rings. The summed E-state index contributed by atoms with van der Waals surface area (Å²) in [4.78, 5) is 12.7. The van der Waals surface area contributed by atoms with Crippen LogP contribution in [-0.4, -0.2) is 17.3 Å². The molecule has 21 heavy (non-hydrogen) atoms. The van der Waals surface area contributed by atoms with Crippen molar-refractivity contribution in [2.24, 2.45) is 5.92 Å². The fourth-order valence-electron chi connectivity index (χ4n) is 3.25. The van der Waals surface area contributed by atoms with Crippen molar-refractivity contribution in [2.75, 3.05) is 5.33 Å². The van der Waals surface area contributed by atoms with Gasteiger partial charge in [-0.2, -0.15) is 0 Å². The van der Waals surface area contributed by atoms with Gasteiger partial charge in [0.05, 0.1) is 0 Å². The van der Waals surface area contributed by atoms with E-state index in [1.165, 1.54) is 19.3 Å². The van der Waals surface area contributed by atoms with E-state index in [9.17, 15) is 4.79 Å². The third-order valence-electron chi connectivity index (χ3n) is 4.46. The quantitative estimate of drug-likeness (QED) is 0.814. The summed E-state index contributed by atoms with van der Waals surface area (Å²) in [5.74, 6) is 0.613. The zero-order chi connectivity index (χ0) is 14.7. The average Bonchev–Trinajstić information content (AvgIpc) is 2.54. The maximum absolute atomic E-state index is 12.7. The molecule has 1 saturated carbocycles. The number of rotatable bonds is 3. The minimum atomic E-state index is 0.0599. The molecule has 110 valence electrons. The standard InChI is InChI=1S/C18H20BrNO/c19-12-14-7-2-4-11-17(14)20-18(21)16-10-5-8-13-6-1-3-9-15(13)16/h1,3,5-6,8-10,14,17H,2,4,7,11-12H2,(H,20,21). The molecule has 1 aliphatic rings. The smallest absolute Gasteiger partial charge is 0.252 e. The molecule has 0 aromatic heterocycles. The highest BCUT2D eigenvalue weighted by Crippen LogP contribution is 2.27. The molecule has 2 unspecified atom stereocenters. The van der Waals surface area contributed by atoms with E-state index in [1.54, 1.807) is 0 Å². The van der Waals surface area contributed by atoms with E-state index < -0.39 is 0 Å². The van der Waals surface area contributed by atoms with Crippen LogP contribution in [0, 0.1) is 5.92 Å². The highest BCUT2D eigenvalue weighted by molar-refractivity contribution is 9.09. The Morgan fingerprint density at radius 2 is 1.86 bits per heavy atom. The molecular formula is C18H20BrNO. The zero-order valence-corrected chi connectivity index (χ0v) is 13.6. The van der Waals surface area contributed by atoms with Crippen molar-refractivity contribution in [2.45, 2.75) is 31.7 Å². The van der Waals surface area contributed by atoms with Gasteiger partial charge in [-0.3, -0.25) is 4.79 Å². The molecule has 2 atom stereocenters. The van der Waals surface area contributed by atoms with Crippen LogP contribution in [0.25, 0.3) is 10.8 Å². The largest absolute Gasteiger partial charge is 0.349 e. The fourth-order valence-corrected chi connectivity index (χ4v) is 4.03. The van der Waals surface area contributed by atoms with Crippen LogP contribution in [0.15, 0.2) is 42.5 Å². The molecule has 3 heteroatoms. The van der Waals surface area contributed by atoms with E-state index >= 15 is 0 Å². The third-order valence-corrected chi connectivity index (χ3v) is 5.29. The summed E-state index contributed by atoms with van der Waals surface area (Å²) in [5.41, 5.74) is 0.784. The molecule has 1 fully saturated rings. The van der Waals surface area contributed by atoms with E-state index in [1.807, 2.05) is 42.5 Å². The van der Waals surface area contributed by atoms with E-state index in [-0.39, 0.29) is 5.91 Å². The molecule has 3 rings (SSSR count). The second kappa shape index (κ2) is 6.61. The van der Waals surface area contributed by atoms with Gasteiger partial charge in [-0.1, -0.05) is 65.2 Å². The lowest BCUT2D eigenvalue weighted by molar-refractivity contribution is 0.0913. The van der Waals surface area contributed by atoms with Crippen molar-refractivity contribution in [3.63, 3.8) is 0 Å². The zero-order valence-electron chi connectivity index (χ0n) is 12.0. The maximum atomic E-state index is 12.7. The first-order valence-electron chi connectivity index (χ1n) is 7.64. The molecule has 2 aromatic carbocycles. The van der Waals surface area contributed by atoms with Gasteiger partial charge in [0.25, 0.3) is 5.91 Å². The lowest BCUT2D eigenvalue weighted by atomic mass is 9.85. The van der Waals surface area contributed by atoms with Crippen molar-refractivity contribution in [1.29, 1.82) is 0 Å². The monoisotopic (exact) mass is 345 g/mol. The highest BCUT2D eigenvalue weighted by atomic mass is 79.9. The minimum Gasteiger partial charge on any atom is -0.349 e. The van der Waals surface area contributed by atoms with Crippen LogP contribution in [0.1, 0.15) is 36.0 Å². The van der Waals surface area contributed by atoms with Crippen LogP contribution in [0.4, 0.5) is 0 Å². The Bertz CT molecular complexity index is 635. The molecule has 1 aliphatic carbocycles. The summed E-state index contributed by atoms with van der Waals surface area (Å²) in [7, 11) is 0. The van der Waals surface area contributed by atoms with Gasteiger partial charge >= 0.3 is 0 Å². The number of nitrogens with one attached hydrogen (secondary N) is 1.